The lowest BCUT2D eigenvalue weighted by molar-refractivity contribution is -0.139. The largest absolute Gasteiger partial charge is 0.300 e. The van der Waals surface area contributed by atoms with E-state index in [1.807, 2.05) is 0 Å². The normalized spacial score (nSPS) is 56.5. The average molecular weight is 288 g/mol. The average Bonchev–Trinajstić information content (AvgIpc) is 2.76. The molecule has 0 aromatic rings. The van der Waals surface area contributed by atoms with Gasteiger partial charge in [0.1, 0.15) is 5.78 Å². The van der Waals surface area contributed by atoms with Crippen molar-refractivity contribution in [2.24, 2.45) is 40.4 Å². The van der Waals surface area contributed by atoms with Gasteiger partial charge in [-0.2, -0.15) is 0 Å². The molecule has 1 heteroatoms. The zero-order chi connectivity index (χ0) is 14.8. The predicted molar refractivity (Wildman–Crippen MR) is 85.9 cm³/mol. The van der Waals surface area contributed by atoms with Crippen molar-refractivity contribution in [3.8, 4) is 0 Å². The second-order valence-electron chi connectivity index (χ2n) is 9.42. The summed E-state index contributed by atoms with van der Waals surface area (Å²) in [5.74, 6) is 5.08. The van der Waals surface area contributed by atoms with Crippen LogP contribution in [0.4, 0.5) is 0 Å². The quantitative estimate of drug-likeness (QED) is 0.596. The summed E-state index contributed by atoms with van der Waals surface area (Å²) in [6.45, 7) is 7.67. The molecule has 7 atom stereocenters. The van der Waals surface area contributed by atoms with Gasteiger partial charge >= 0.3 is 0 Å². The number of fused-ring (bicyclic) bond motifs is 5. The maximum atomic E-state index is 11.9. The standard InChI is InChI=1S/C20H32O/c1-13-4-7-17-16-6-5-14-12-15(21)8-10-20(14,3)18(16)9-11-19(13,17)2/h13-14,16-18H,4-12H2,1-3H3/t13-,14+,16?,17?,18?,19+,20-/m0/s1. The van der Waals surface area contributed by atoms with E-state index in [2.05, 4.69) is 20.8 Å². The van der Waals surface area contributed by atoms with Gasteiger partial charge in [-0.15, -0.1) is 0 Å². The molecule has 4 saturated carbocycles. The Bertz CT molecular complexity index is 455. The summed E-state index contributed by atoms with van der Waals surface area (Å²) in [6, 6.07) is 0. The first kappa shape index (κ1) is 14.3. The fraction of sp³-hybridized carbons (Fsp3) is 0.950. The Kier molecular flexibility index (Phi) is 3.12. The van der Waals surface area contributed by atoms with Crippen LogP contribution in [0.3, 0.4) is 0 Å². The Morgan fingerprint density at radius 3 is 2.48 bits per heavy atom. The molecule has 0 amide bonds. The summed E-state index contributed by atoms with van der Waals surface area (Å²) in [7, 11) is 0. The van der Waals surface area contributed by atoms with Gasteiger partial charge in [-0.3, -0.25) is 4.79 Å². The van der Waals surface area contributed by atoms with E-state index >= 15 is 0 Å². The second kappa shape index (κ2) is 4.59. The van der Waals surface area contributed by atoms with Gasteiger partial charge in [-0.1, -0.05) is 20.8 Å². The van der Waals surface area contributed by atoms with Crippen molar-refractivity contribution in [2.45, 2.75) is 78.6 Å². The minimum atomic E-state index is 0.490. The molecule has 4 fully saturated rings. The summed E-state index contributed by atoms with van der Waals surface area (Å²) in [6.07, 6.45) is 11.6. The van der Waals surface area contributed by atoms with E-state index in [0.29, 0.717) is 22.5 Å². The van der Waals surface area contributed by atoms with E-state index in [9.17, 15) is 4.79 Å². The molecule has 3 unspecified atom stereocenters. The molecule has 0 aromatic heterocycles. The second-order valence-corrected chi connectivity index (χ2v) is 9.42. The lowest BCUT2D eigenvalue weighted by Crippen LogP contribution is -2.53. The Morgan fingerprint density at radius 2 is 1.67 bits per heavy atom. The van der Waals surface area contributed by atoms with E-state index in [-0.39, 0.29) is 0 Å². The van der Waals surface area contributed by atoms with Crippen LogP contribution in [0.15, 0.2) is 0 Å². The number of hydrogen-bond donors (Lipinski definition) is 0. The van der Waals surface area contributed by atoms with E-state index in [1.165, 1.54) is 44.9 Å². The third kappa shape index (κ3) is 1.85. The van der Waals surface area contributed by atoms with Gasteiger partial charge in [-0.05, 0) is 85.4 Å². The number of carbonyl (C=O) groups is 1. The predicted octanol–water partition coefficient (Wildman–Crippen LogP) is 5.23. The van der Waals surface area contributed by atoms with Gasteiger partial charge < -0.3 is 0 Å². The van der Waals surface area contributed by atoms with Gasteiger partial charge in [0.25, 0.3) is 0 Å². The first-order valence-corrected chi connectivity index (χ1v) is 9.47. The maximum Gasteiger partial charge on any atom is 0.133 e. The molecular weight excluding hydrogens is 256 g/mol. The Morgan fingerprint density at radius 1 is 0.905 bits per heavy atom. The SMILES string of the molecule is C[C@H]1CCC2C3CC[C@@H]4CC(=O)CC[C@]4(C)C3CC[C@@]21C. The van der Waals surface area contributed by atoms with E-state index < -0.39 is 0 Å². The Hall–Kier alpha value is -0.330. The molecule has 1 nitrogen and oxygen atoms in total. The van der Waals surface area contributed by atoms with Crippen LogP contribution < -0.4 is 0 Å². The highest BCUT2D eigenvalue weighted by molar-refractivity contribution is 5.79. The van der Waals surface area contributed by atoms with Crippen LogP contribution in [0, 0.1) is 40.4 Å². The molecule has 0 aliphatic heterocycles. The Balaban J connectivity index is 1.64. The summed E-state index contributed by atoms with van der Waals surface area (Å²) < 4.78 is 0. The monoisotopic (exact) mass is 288 g/mol. The molecule has 4 aliphatic carbocycles. The van der Waals surface area contributed by atoms with Crippen molar-refractivity contribution in [1.82, 2.24) is 0 Å². The highest BCUT2D eigenvalue weighted by atomic mass is 16.1. The smallest absolute Gasteiger partial charge is 0.133 e. The van der Waals surface area contributed by atoms with Crippen molar-refractivity contribution < 1.29 is 4.79 Å². The van der Waals surface area contributed by atoms with Crippen LogP contribution in [-0.4, -0.2) is 5.78 Å². The molecule has 0 radical (unpaired) electrons. The van der Waals surface area contributed by atoms with Crippen molar-refractivity contribution in [2.75, 3.05) is 0 Å². The lowest BCUT2D eigenvalue weighted by Gasteiger charge is -2.60. The molecule has 21 heavy (non-hydrogen) atoms. The van der Waals surface area contributed by atoms with Crippen LogP contribution in [0.1, 0.15) is 78.6 Å². The molecule has 0 bridgehead atoms. The molecular formula is C20H32O. The maximum absolute atomic E-state index is 11.9. The minimum Gasteiger partial charge on any atom is -0.300 e. The van der Waals surface area contributed by atoms with Crippen molar-refractivity contribution >= 4 is 5.78 Å². The molecule has 0 N–H and O–H groups in total. The summed E-state index contributed by atoms with van der Waals surface area (Å²) in [4.78, 5) is 11.9. The van der Waals surface area contributed by atoms with Crippen molar-refractivity contribution in [1.29, 1.82) is 0 Å². The fourth-order valence-corrected chi connectivity index (χ4v) is 7.31. The van der Waals surface area contributed by atoms with Gasteiger partial charge in [0.2, 0.25) is 0 Å². The fourth-order valence-electron chi connectivity index (χ4n) is 7.31. The van der Waals surface area contributed by atoms with Gasteiger partial charge in [0, 0.05) is 12.8 Å². The van der Waals surface area contributed by atoms with Crippen molar-refractivity contribution in [3.63, 3.8) is 0 Å². The molecule has 0 spiro atoms. The van der Waals surface area contributed by atoms with Crippen LogP contribution in [0.5, 0.6) is 0 Å². The third-order valence-corrected chi connectivity index (χ3v) is 8.96. The molecule has 4 aliphatic rings. The van der Waals surface area contributed by atoms with Gasteiger partial charge in [-0.25, -0.2) is 0 Å². The summed E-state index contributed by atoms with van der Waals surface area (Å²) >= 11 is 0. The first-order valence-electron chi connectivity index (χ1n) is 9.47. The summed E-state index contributed by atoms with van der Waals surface area (Å²) in [5, 5.41) is 0. The zero-order valence-corrected chi connectivity index (χ0v) is 14.2. The molecule has 4 rings (SSSR count). The van der Waals surface area contributed by atoms with Crippen LogP contribution in [0.25, 0.3) is 0 Å². The number of hydrogen-bond acceptors (Lipinski definition) is 1. The van der Waals surface area contributed by atoms with Crippen molar-refractivity contribution in [3.05, 3.63) is 0 Å². The number of rotatable bonds is 0. The van der Waals surface area contributed by atoms with E-state index in [4.69, 9.17) is 0 Å². The number of Topliss-reactive ketones (excluding diaryl/α,β-unsaturated/α-hetero) is 1. The number of ketones is 1. The minimum absolute atomic E-state index is 0.490. The lowest BCUT2D eigenvalue weighted by atomic mass is 9.45. The highest BCUT2D eigenvalue weighted by Gasteiger charge is 2.59. The zero-order valence-electron chi connectivity index (χ0n) is 14.2. The molecule has 0 heterocycles. The molecule has 0 saturated heterocycles. The molecule has 0 aromatic carbocycles. The highest BCUT2D eigenvalue weighted by Crippen LogP contribution is 2.67. The van der Waals surface area contributed by atoms with Gasteiger partial charge in [0.05, 0.1) is 0 Å². The topological polar surface area (TPSA) is 17.1 Å². The van der Waals surface area contributed by atoms with Crippen LogP contribution in [0.2, 0.25) is 0 Å². The Labute approximate surface area is 130 Å². The van der Waals surface area contributed by atoms with Crippen LogP contribution >= 0.6 is 0 Å². The number of carbonyl (C=O) groups excluding carboxylic acids is 1. The van der Waals surface area contributed by atoms with E-state index in [1.54, 1.807) is 0 Å². The third-order valence-electron chi connectivity index (χ3n) is 8.96. The van der Waals surface area contributed by atoms with Gasteiger partial charge in [0.15, 0.2) is 0 Å². The van der Waals surface area contributed by atoms with E-state index in [0.717, 1.165) is 36.5 Å². The molecule has 118 valence electrons. The first-order chi connectivity index (χ1) is 9.95. The van der Waals surface area contributed by atoms with Crippen LogP contribution in [-0.2, 0) is 4.79 Å². The summed E-state index contributed by atoms with van der Waals surface area (Å²) in [5.41, 5.74) is 1.12.